The van der Waals surface area contributed by atoms with Crippen LogP contribution in [0.2, 0.25) is 0 Å². The summed E-state index contributed by atoms with van der Waals surface area (Å²) in [5, 5.41) is 9.53. The monoisotopic (exact) mass is 370 g/mol. The first-order valence-corrected chi connectivity index (χ1v) is 8.36. The zero-order chi connectivity index (χ0) is 15.1. The number of phenolic OH excluding ortho intramolecular Hbond substituents is 1. The van der Waals surface area contributed by atoms with E-state index >= 15 is 0 Å². The van der Waals surface area contributed by atoms with E-state index in [-0.39, 0.29) is 5.75 Å². The van der Waals surface area contributed by atoms with Crippen molar-refractivity contribution in [1.29, 1.82) is 0 Å². The lowest BCUT2D eigenvalue weighted by Gasteiger charge is -2.08. The van der Waals surface area contributed by atoms with Crippen LogP contribution in [0.3, 0.4) is 0 Å². The molecule has 22 heavy (non-hydrogen) atoms. The quantitative estimate of drug-likeness (QED) is 0.525. The van der Waals surface area contributed by atoms with E-state index in [9.17, 15) is 5.11 Å². The standard InChI is InChI=1S/C17H11BrN2OS/c18-16-10-9-15(22-16)17-19-13-3-1-2-4-14(13)20(17)11-5-7-12(21)8-6-11/h1-10,21H. The predicted octanol–water partition coefficient (Wildman–Crippen LogP) is 5.22. The van der Waals surface area contributed by atoms with Gasteiger partial charge in [0.05, 0.1) is 19.7 Å². The van der Waals surface area contributed by atoms with Crippen LogP contribution in [0, 0.1) is 0 Å². The molecule has 1 N–H and O–H groups in total. The Balaban J connectivity index is 2.03. The highest BCUT2D eigenvalue weighted by molar-refractivity contribution is 9.11. The van der Waals surface area contributed by atoms with Crippen LogP contribution in [0.25, 0.3) is 27.4 Å². The lowest BCUT2D eigenvalue weighted by Crippen LogP contribution is -1.96. The van der Waals surface area contributed by atoms with E-state index in [0.717, 1.165) is 31.2 Å². The van der Waals surface area contributed by atoms with Crippen LogP contribution in [0.4, 0.5) is 0 Å². The van der Waals surface area contributed by atoms with Gasteiger partial charge >= 0.3 is 0 Å². The van der Waals surface area contributed by atoms with Gasteiger partial charge in [-0.15, -0.1) is 11.3 Å². The van der Waals surface area contributed by atoms with Crippen LogP contribution in [-0.2, 0) is 0 Å². The van der Waals surface area contributed by atoms with Crippen molar-refractivity contribution in [3.05, 3.63) is 64.5 Å². The summed E-state index contributed by atoms with van der Waals surface area (Å²) in [6.07, 6.45) is 0. The fourth-order valence-electron chi connectivity index (χ4n) is 2.49. The van der Waals surface area contributed by atoms with Crippen LogP contribution >= 0.6 is 27.3 Å². The first kappa shape index (κ1) is 13.5. The number of aromatic hydroxyl groups is 1. The Labute approximate surface area is 139 Å². The fourth-order valence-corrected chi connectivity index (χ4v) is 3.85. The maximum atomic E-state index is 9.53. The first-order valence-electron chi connectivity index (χ1n) is 6.75. The maximum Gasteiger partial charge on any atom is 0.155 e. The van der Waals surface area contributed by atoms with Gasteiger partial charge in [0.15, 0.2) is 5.82 Å². The van der Waals surface area contributed by atoms with Crippen molar-refractivity contribution in [2.24, 2.45) is 0 Å². The molecular weight excluding hydrogens is 360 g/mol. The number of hydrogen-bond acceptors (Lipinski definition) is 3. The molecule has 0 aliphatic rings. The number of fused-ring (bicyclic) bond motifs is 1. The van der Waals surface area contributed by atoms with Gasteiger partial charge in [-0.05, 0) is 64.5 Å². The third kappa shape index (κ3) is 2.23. The zero-order valence-corrected chi connectivity index (χ0v) is 13.8. The van der Waals surface area contributed by atoms with Crippen LogP contribution in [-0.4, -0.2) is 14.7 Å². The van der Waals surface area contributed by atoms with Crippen molar-refractivity contribution < 1.29 is 5.11 Å². The van der Waals surface area contributed by atoms with E-state index in [4.69, 9.17) is 4.98 Å². The summed E-state index contributed by atoms with van der Waals surface area (Å²) >= 11 is 5.16. The van der Waals surface area contributed by atoms with Gasteiger partial charge in [-0.1, -0.05) is 12.1 Å². The summed E-state index contributed by atoms with van der Waals surface area (Å²) in [6, 6.07) is 19.3. The van der Waals surface area contributed by atoms with Gasteiger partial charge in [0, 0.05) is 5.69 Å². The van der Waals surface area contributed by atoms with Crippen molar-refractivity contribution in [3.8, 4) is 22.1 Å². The Kier molecular flexibility index (Phi) is 3.24. The van der Waals surface area contributed by atoms with Crippen molar-refractivity contribution in [2.75, 3.05) is 0 Å². The topological polar surface area (TPSA) is 38.0 Å². The zero-order valence-electron chi connectivity index (χ0n) is 11.4. The van der Waals surface area contributed by atoms with Gasteiger partial charge in [0.25, 0.3) is 0 Å². The SMILES string of the molecule is Oc1ccc(-n2c(-c3ccc(Br)s3)nc3ccccc32)cc1. The third-order valence-electron chi connectivity index (χ3n) is 3.46. The van der Waals surface area contributed by atoms with Crippen molar-refractivity contribution >= 4 is 38.3 Å². The second-order valence-electron chi connectivity index (χ2n) is 4.88. The summed E-state index contributed by atoms with van der Waals surface area (Å²) in [5.41, 5.74) is 2.98. The van der Waals surface area contributed by atoms with E-state index in [1.807, 2.05) is 36.4 Å². The third-order valence-corrected chi connectivity index (χ3v) is 5.08. The molecule has 0 unspecified atom stereocenters. The average Bonchev–Trinajstić information content (AvgIpc) is 3.11. The molecule has 0 fully saturated rings. The van der Waals surface area contributed by atoms with Crippen molar-refractivity contribution in [2.45, 2.75) is 0 Å². The van der Waals surface area contributed by atoms with Crippen LogP contribution in [0.1, 0.15) is 0 Å². The van der Waals surface area contributed by atoms with Gasteiger partial charge in [-0.2, -0.15) is 0 Å². The Hall–Kier alpha value is -2.11. The van der Waals surface area contributed by atoms with E-state index < -0.39 is 0 Å². The number of hydrogen-bond donors (Lipinski definition) is 1. The van der Waals surface area contributed by atoms with Gasteiger partial charge in [-0.3, -0.25) is 4.57 Å². The Bertz CT molecular complexity index is 956. The largest absolute Gasteiger partial charge is 0.508 e. The minimum atomic E-state index is 0.258. The molecule has 0 saturated heterocycles. The molecule has 5 heteroatoms. The highest BCUT2D eigenvalue weighted by Crippen LogP contribution is 2.34. The molecular formula is C17H11BrN2OS. The van der Waals surface area contributed by atoms with E-state index in [1.165, 1.54) is 0 Å². The molecule has 2 heterocycles. The number of para-hydroxylation sites is 2. The molecule has 0 aliphatic carbocycles. The molecule has 0 saturated carbocycles. The summed E-state index contributed by atoms with van der Waals surface area (Å²) in [6.45, 7) is 0. The highest BCUT2D eigenvalue weighted by Gasteiger charge is 2.15. The summed E-state index contributed by atoms with van der Waals surface area (Å²) < 4.78 is 3.19. The number of benzene rings is 2. The van der Waals surface area contributed by atoms with E-state index in [0.29, 0.717) is 0 Å². The first-order chi connectivity index (χ1) is 10.7. The van der Waals surface area contributed by atoms with Gasteiger partial charge in [-0.25, -0.2) is 4.98 Å². The number of aromatic nitrogens is 2. The number of nitrogens with zero attached hydrogens (tertiary/aromatic N) is 2. The number of rotatable bonds is 2. The summed E-state index contributed by atoms with van der Waals surface area (Å²) in [5.74, 6) is 1.16. The number of halogens is 1. The normalized spacial score (nSPS) is 11.1. The average molecular weight is 371 g/mol. The molecule has 0 atom stereocenters. The molecule has 2 aromatic carbocycles. The molecule has 0 spiro atoms. The van der Waals surface area contributed by atoms with Gasteiger partial charge in [0.1, 0.15) is 5.75 Å². The maximum absolute atomic E-state index is 9.53. The second-order valence-corrected chi connectivity index (χ2v) is 7.34. The molecule has 4 rings (SSSR count). The fraction of sp³-hybridized carbons (Fsp3) is 0. The van der Waals surface area contributed by atoms with Gasteiger partial charge < -0.3 is 5.11 Å². The number of imidazole rings is 1. The predicted molar refractivity (Wildman–Crippen MR) is 93.7 cm³/mol. The summed E-state index contributed by atoms with van der Waals surface area (Å²) in [7, 11) is 0. The smallest absolute Gasteiger partial charge is 0.155 e. The van der Waals surface area contributed by atoms with E-state index in [2.05, 4.69) is 32.6 Å². The Morgan fingerprint density at radius 1 is 0.955 bits per heavy atom. The number of thiophene rings is 1. The minimum absolute atomic E-state index is 0.258. The van der Waals surface area contributed by atoms with Crippen LogP contribution in [0.5, 0.6) is 5.75 Å². The number of phenols is 1. The van der Waals surface area contributed by atoms with Gasteiger partial charge in [0.2, 0.25) is 0 Å². The van der Waals surface area contributed by atoms with Crippen molar-refractivity contribution in [1.82, 2.24) is 9.55 Å². The molecule has 0 bridgehead atoms. The lowest BCUT2D eigenvalue weighted by atomic mass is 10.2. The molecule has 4 aromatic rings. The lowest BCUT2D eigenvalue weighted by molar-refractivity contribution is 0.475. The molecule has 0 aliphatic heterocycles. The van der Waals surface area contributed by atoms with Crippen LogP contribution in [0.15, 0.2) is 64.5 Å². The minimum Gasteiger partial charge on any atom is -0.508 e. The Morgan fingerprint density at radius 2 is 1.73 bits per heavy atom. The highest BCUT2D eigenvalue weighted by atomic mass is 79.9. The molecule has 3 nitrogen and oxygen atoms in total. The van der Waals surface area contributed by atoms with E-state index in [1.54, 1.807) is 23.5 Å². The Morgan fingerprint density at radius 3 is 2.45 bits per heavy atom. The van der Waals surface area contributed by atoms with Crippen LogP contribution < -0.4 is 0 Å². The van der Waals surface area contributed by atoms with Crippen molar-refractivity contribution in [3.63, 3.8) is 0 Å². The summed E-state index contributed by atoms with van der Waals surface area (Å²) in [4.78, 5) is 5.88. The molecule has 0 radical (unpaired) electrons. The molecule has 108 valence electrons. The molecule has 2 aromatic heterocycles. The molecule has 0 amide bonds. The second kappa shape index (κ2) is 5.26.